The highest BCUT2D eigenvalue weighted by Gasteiger charge is 2.39. The molecule has 0 radical (unpaired) electrons. The van der Waals surface area contributed by atoms with Crippen LogP contribution in [-0.4, -0.2) is 48.6 Å². The molecule has 1 N–H and O–H groups in total. The molecular weight excluding hydrogens is 635 g/mol. The van der Waals surface area contributed by atoms with Gasteiger partial charge in [0, 0.05) is 47.8 Å². The third kappa shape index (κ3) is 6.27. The molecule has 1 fully saturated rings. The fourth-order valence-electron chi connectivity index (χ4n) is 6.23. The average molecular weight is 668 g/mol. The van der Waals surface area contributed by atoms with Crippen LogP contribution in [0, 0.1) is 22.9 Å². The Morgan fingerprint density at radius 3 is 2.51 bits per heavy atom. The summed E-state index contributed by atoms with van der Waals surface area (Å²) >= 11 is 0. The molecule has 3 aromatic heterocycles. The third-order valence-corrected chi connectivity index (χ3v) is 8.92. The van der Waals surface area contributed by atoms with Crippen molar-refractivity contribution in [1.82, 2.24) is 24.3 Å². The SMILES string of the molecule is Cn1cc(-c2ccc(COc3cccc(-c4cc(F)c(Cc5nc6ccc(C(=O)O)cc6n5C5COCC5(C)C)cc4F)n3)c(F)c2)cn1. The molecule has 0 amide bonds. The molecule has 1 atom stereocenters. The minimum atomic E-state index is -1.08. The number of aromatic nitrogens is 5. The number of imidazole rings is 1. The van der Waals surface area contributed by atoms with E-state index in [1.807, 2.05) is 18.4 Å². The van der Waals surface area contributed by atoms with E-state index in [1.165, 1.54) is 18.2 Å². The van der Waals surface area contributed by atoms with Crippen LogP contribution in [0.3, 0.4) is 0 Å². The molecular formula is C37H32F3N5O4. The van der Waals surface area contributed by atoms with Crippen molar-refractivity contribution in [3.63, 3.8) is 0 Å². The molecule has 6 aromatic rings. The van der Waals surface area contributed by atoms with Crippen molar-refractivity contribution < 1.29 is 32.5 Å². The Morgan fingerprint density at radius 1 is 0.980 bits per heavy atom. The lowest BCUT2D eigenvalue weighted by Crippen LogP contribution is -2.27. The number of ether oxygens (including phenoxy) is 2. The normalized spacial score (nSPS) is 15.6. The molecule has 7 rings (SSSR count). The summed E-state index contributed by atoms with van der Waals surface area (Å²) in [5.74, 6) is -2.31. The van der Waals surface area contributed by atoms with Gasteiger partial charge in [0.05, 0.1) is 47.7 Å². The predicted octanol–water partition coefficient (Wildman–Crippen LogP) is 7.38. The van der Waals surface area contributed by atoms with Gasteiger partial charge in [-0.25, -0.2) is 27.9 Å². The smallest absolute Gasteiger partial charge is 0.335 e. The largest absolute Gasteiger partial charge is 0.478 e. The maximum Gasteiger partial charge on any atom is 0.335 e. The van der Waals surface area contributed by atoms with Crippen molar-refractivity contribution >= 4 is 17.0 Å². The summed E-state index contributed by atoms with van der Waals surface area (Å²) in [6.45, 7) is 4.81. The average Bonchev–Trinajstić information content (AvgIpc) is 3.76. The molecule has 3 aromatic carbocycles. The van der Waals surface area contributed by atoms with E-state index in [4.69, 9.17) is 14.5 Å². The van der Waals surface area contributed by atoms with Gasteiger partial charge in [-0.2, -0.15) is 5.10 Å². The molecule has 1 unspecified atom stereocenters. The predicted molar refractivity (Wildman–Crippen MR) is 176 cm³/mol. The molecule has 12 heteroatoms. The van der Waals surface area contributed by atoms with Gasteiger partial charge in [0.1, 0.15) is 29.9 Å². The quantitative estimate of drug-likeness (QED) is 0.172. The van der Waals surface area contributed by atoms with Crippen LogP contribution < -0.4 is 4.74 Å². The van der Waals surface area contributed by atoms with Gasteiger partial charge in [-0.1, -0.05) is 32.0 Å². The number of rotatable bonds is 9. The fourth-order valence-corrected chi connectivity index (χ4v) is 6.23. The monoisotopic (exact) mass is 667 g/mol. The lowest BCUT2D eigenvalue weighted by atomic mass is 9.87. The summed E-state index contributed by atoms with van der Waals surface area (Å²) < 4.78 is 61.4. The number of halogens is 3. The Bertz CT molecular complexity index is 2230. The van der Waals surface area contributed by atoms with Crippen LogP contribution in [0.15, 0.2) is 79.1 Å². The van der Waals surface area contributed by atoms with E-state index in [0.717, 1.165) is 17.7 Å². The Kier molecular flexibility index (Phi) is 8.19. The lowest BCUT2D eigenvalue weighted by Gasteiger charge is -2.28. The first-order chi connectivity index (χ1) is 23.5. The van der Waals surface area contributed by atoms with Gasteiger partial charge in [-0.3, -0.25) is 4.68 Å². The van der Waals surface area contributed by atoms with Crippen molar-refractivity contribution in [3.8, 4) is 28.3 Å². The van der Waals surface area contributed by atoms with Crippen LogP contribution in [0.25, 0.3) is 33.4 Å². The molecule has 0 bridgehead atoms. The Labute approximate surface area is 279 Å². The van der Waals surface area contributed by atoms with E-state index in [0.29, 0.717) is 41.2 Å². The fraction of sp³-hybridized carbons (Fsp3) is 0.243. The number of fused-ring (bicyclic) bond motifs is 1. The van der Waals surface area contributed by atoms with E-state index in [2.05, 4.69) is 10.1 Å². The minimum Gasteiger partial charge on any atom is -0.478 e. The summed E-state index contributed by atoms with van der Waals surface area (Å²) in [6.07, 6.45) is 3.39. The van der Waals surface area contributed by atoms with Crippen molar-refractivity contribution in [1.29, 1.82) is 0 Å². The highest BCUT2D eigenvalue weighted by molar-refractivity contribution is 5.92. The number of pyridine rings is 1. The van der Waals surface area contributed by atoms with Crippen LogP contribution in [0.1, 0.15) is 47.2 Å². The minimum absolute atomic E-state index is 0.0472. The third-order valence-electron chi connectivity index (χ3n) is 8.92. The zero-order chi connectivity index (χ0) is 34.4. The van der Waals surface area contributed by atoms with E-state index in [1.54, 1.807) is 60.5 Å². The van der Waals surface area contributed by atoms with Crippen LogP contribution in [0.4, 0.5) is 13.2 Å². The number of carboxylic acids is 1. The number of aryl methyl sites for hydroxylation is 1. The van der Waals surface area contributed by atoms with Crippen molar-refractivity contribution in [2.75, 3.05) is 13.2 Å². The molecule has 9 nitrogen and oxygen atoms in total. The summed E-state index contributed by atoms with van der Waals surface area (Å²) in [5, 5.41) is 13.7. The topological polar surface area (TPSA) is 104 Å². The second kappa shape index (κ2) is 12.5. The molecule has 250 valence electrons. The van der Waals surface area contributed by atoms with Crippen LogP contribution in [0.2, 0.25) is 0 Å². The first-order valence-electron chi connectivity index (χ1n) is 15.6. The Hall–Kier alpha value is -5.49. The summed E-state index contributed by atoms with van der Waals surface area (Å²) in [4.78, 5) is 20.8. The zero-order valence-corrected chi connectivity index (χ0v) is 27.0. The van der Waals surface area contributed by atoms with Crippen LogP contribution in [0.5, 0.6) is 5.88 Å². The van der Waals surface area contributed by atoms with Crippen molar-refractivity contribution in [2.24, 2.45) is 12.5 Å². The van der Waals surface area contributed by atoms with Crippen molar-refractivity contribution in [3.05, 3.63) is 119 Å². The molecule has 1 saturated heterocycles. The molecule has 4 heterocycles. The number of hydrogen-bond donors (Lipinski definition) is 1. The van der Waals surface area contributed by atoms with Crippen LogP contribution in [-0.2, 0) is 24.8 Å². The standard InChI is InChI=1S/C37H32F3N5O4/c1-37(2)20-48-19-33(37)45-32-13-22(36(46)47)9-10-31(32)42-34(45)14-24-12-29(40)26(15-28(24)39)30-5-4-6-35(43-30)49-18-23-8-7-21(11-27(23)38)25-16-41-44(3)17-25/h4-13,15-17,33H,14,18-20H2,1-3H3,(H,46,47). The van der Waals surface area contributed by atoms with E-state index < -0.39 is 23.4 Å². The second-order valence-corrected chi connectivity index (χ2v) is 12.9. The maximum absolute atomic E-state index is 15.7. The highest BCUT2D eigenvalue weighted by Crippen LogP contribution is 2.40. The zero-order valence-electron chi connectivity index (χ0n) is 27.0. The number of benzene rings is 3. The van der Waals surface area contributed by atoms with Gasteiger partial charge in [0.25, 0.3) is 0 Å². The van der Waals surface area contributed by atoms with Gasteiger partial charge in [-0.05, 0) is 53.6 Å². The first-order valence-corrected chi connectivity index (χ1v) is 15.6. The number of hydrogen-bond acceptors (Lipinski definition) is 6. The number of carboxylic acid groups (broad SMARTS) is 1. The van der Waals surface area contributed by atoms with Crippen LogP contribution >= 0.6 is 0 Å². The molecule has 0 saturated carbocycles. The molecule has 0 aliphatic carbocycles. The van der Waals surface area contributed by atoms with E-state index >= 15 is 8.78 Å². The number of nitrogens with zero attached hydrogens (tertiary/aromatic N) is 5. The maximum atomic E-state index is 15.7. The Balaban J connectivity index is 1.14. The molecule has 0 spiro atoms. The van der Waals surface area contributed by atoms with Gasteiger partial charge >= 0.3 is 5.97 Å². The van der Waals surface area contributed by atoms with Gasteiger partial charge in [-0.15, -0.1) is 0 Å². The highest BCUT2D eigenvalue weighted by atomic mass is 19.1. The Morgan fingerprint density at radius 2 is 1.80 bits per heavy atom. The van der Waals surface area contributed by atoms with E-state index in [9.17, 15) is 14.3 Å². The lowest BCUT2D eigenvalue weighted by molar-refractivity contribution is 0.0697. The first kappa shape index (κ1) is 32.1. The summed E-state index contributed by atoms with van der Waals surface area (Å²) in [5.41, 5.74) is 2.83. The number of carbonyl (C=O) groups is 1. The van der Waals surface area contributed by atoms with Crippen molar-refractivity contribution in [2.45, 2.75) is 32.9 Å². The van der Waals surface area contributed by atoms with Gasteiger partial charge < -0.3 is 19.1 Å². The second-order valence-electron chi connectivity index (χ2n) is 12.9. The van der Waals surface area contributed by atoms with Gasteiger partial charge in [0.2, 0.25) is 5.88 Å². The molecule has 1 aliphatic heterocycles. The summed E-state index contributed by atoms with van der Waals surface area (Å²) in [6, 6.07) is 16.1. The molecule has 1 aliphatic rings. The number of aromatic carboxylic acids is 1. The molecule has 49 heavy (non-hydrogen) atoms. The van der Waals surface area contributed by atoms with Gasteiger partial charge in [0.15, 0.2) is 0 Å². The summed E-state index contributed by atoms with van der Waals surface area (Å²) in [7, 11) is 1.78. The van der Waals surface area contributed by atoms with E-state index in [-0.39, 0.29) is 52.7 Å².